The van der Waals surface area contributed by atoms with E-state index in [9.17, 15) is 5.11 Å². The fourth-order valence-electron chi connectivity index (χ4n) is 1.64. The van der Waals surface area contributed by atoms with Crippen molar-refractivity contribution in [2.75, 3.05) is 7.11 Å². The molecule has 1 aromatic heterocycles. The molecule has 0 aliphatic carbocycles. The molecule has 4 heteroatoms. The lowest BCUT2D eigenvalue weighted by Crippen LogP contribution is -2.01. The summed E-state index contributed by atoms with van der Waals surface area (Å²) in [6, 6.07) is 9.22. The lowest BCUT2D eigenvalue weighted by atomic mass is 10.0. The highest BCUT2D eigenvalue weighted by molar-refractivity contribution is 6.29. The van der Waals surface area contributed by atoms with Crippen molar-refractivity contribution in [1.29, 1.82) is 0 Å². The van der Waals surface area contributed by atoms with Gasteiger partial charge in [-0.15, -0.1) is 0 Å². The fraction of sp³-hybridized carbons (Fsp3) is 0.231. The molecular weight excluding hydrogens is 240 g/mol. The second-order valence-corrected chi connectivity index (χ2v) is 4.06. The van der Waals surface area contributed by atoms with E-state index in [-0.39, 0.29) is 5.22 Å². The van der Waals surface area contributed by atoms with Crippen LogP contribution in [0.3, 0.4) is 0 Å². The molecule has 2 rings (SSSR count). The zero-order valence-electron chi connectivity index (χ0n) is 9.39. The molecule has 2 aromatic rings. The lowest BCUT2D eigenvalue weighted by molar-refractivity contribution is 0.177. The maximum atomic E-state index is 9.99. The largest absolute Gasteiger partial charge is 0.497 e. The van der Waals surface area contributed by atoms with Gasteiger partial charge in [-0.3, -0.25) is 0 Å². The number of halogens is 1. The number of hydrogen-bond donors (Lipinski definition) is 1. The molecule has 0 aliphatic heterocycles. The minimum atomic E-state index is -0.658. The van der Waals surface area contributed by atoms with Crippen LogP contribution in [0.2, 0.25) is 5.22 Å². The molecule has 1 unspecified atom stereocenters. The summed E-state index contributed by atoms with van der Waals surface area (Å²) in [5, 5.41) is 10.2. The number of hydrogen-bond acceptors (Lipinski definition) is 3. The van der Waals surface area contributed by atoms with Gasteiger partial charge in [-0.2, -0.15) is 0 Å². The van der Waals surface area contributed by atoms with Gasteiger partial charge in [-0.1, -0.05) is 12.1 Å². The molecule has 17 heavy (non-hydrogen) atoms. The standard InChI is InChI=1S/C13H13ClO3/c1-16-10-4-2-9(3-5-10)8-12(15)11-6-7-17-13(11)14/h2-7,12,15H,8H2,1H3. The quantitative estimate of drug-likeness (QED) is 0.909. The Kier molecular flexibility index (Phi) is 3.71. The molecule has 0 amide bonds. The fourth-order valence-corrected chi connectivity index (χ4v) is 1.88. The Morgan fingerprint density at radius 1 is 1.29 bits per heavy atom. The van der Waals surface area contributed by atoms with Gasteiger partial charge >= 0.3 is 0 Å². The summed E-state index contributed by atoms with van der Waals surface area (Å²) in [7, 11) is 1.62. The highest BCUT2D eigenvalue weighted by atomic mass is 35.5. The van der Waals surface area contributed by atoms with E-state index >= 15 is 0 Å². The van der Waals surface area contributed by atoms with Crippen LogP contribution in [0.4, 0.5) is 0 Å². The summed E-state index contributed by atoms with van der Waals surface area (Å²) in [5.74, 6) is 0.796. The summed E-state index contributed by atoms with van der Waals surface area (Å²) in [6.07, 6.45) is 1.30. The van der Waals surface area contributed by atoms with Gasteiger partial charge in [0.25, 0.3) is 0 Å². The smallest absolute Gasteiger partial charge is 0.198 e. The first-order chi connectivity index (χ1) is 8.20. The maximum absolute atomic E-state index is 9.99. The number of methoxy groups -OCH3 is 1. The van der Waals surface area contributed by atoms with Crippen LogP contribution < -0.4 is 4.74 Å². The average Bonchev–Trinajstić information content (AvgIpc) is 2.76. The van der Waals surface area contributed by atoms with Gasteiger partial charge in [-0.05, 0) is 35.4 Å². The first-order valence-electron chi connectivity index (χ1n) is 5.24. The zero-order chi connectivity index (χ0) is 12.3. The van der Waals surface area contributed by atoms with Crippen LogP contribution in [0.15, 0.2) is 41.0 Å². The van der Waals surface area contributed by atoms with E-state index in [0.29, 0.717) is 12.0 Å². The Morgan fingerprint density at radius 3 is 2.53 bits per heavy atom. The maximum Gasteiger partial charge on any atom is 0.198 e. The molecular formula is C13H13ClO3. The van der Waals surface area contributed by atoms with Gasteiger partial charge in [0, 0.05) is 12.0 Å². The third-order valence-corrected chi connectivity index (χ3v) is 2.90. The number of ether oxygens (including phenoxy) is 1. The van der Waals surface area contributed by atoms with Gasteiger partial charge in [0.1, 0.15) is 5.75 Å². The van der Waals surface area contributed by atoms with Gasteiger partial charge in [0.2, 0.25) is 0 Å². The minimum Gasteiger partial charge on any atom is -0.497 e. The molecule has 1 aromatic carbocycles. The first-order valence-corrected chi connectivity index (χ1v) is 5.62. The molecule has 0 bridgehead atoms. The molecule has 0 aliphatic rings. The molecule has 0 saturated carbocycles. The molecule has 0 fully saturated rings. The molecule has 3 nitrogen and oxygen atoms in total. The summed E-state index contributed by atoms with van der Waals surface area (Å²) < 4.78 is 10.0. The van der Waals surface area contributed by atoms with Gasteiger partial charge in [0.15, 0.2) is 5.22 Å². The molecule has 1 atom stereocenters. The van der Waals surface area contributed by atoms with E-state index in [4.69, 9.17) is 20.8 Å². The predicted octanol–water partition coefficient (Wildman–Crippen LogP) is 3.22. The first kappa shape index (κ1) is 12.0. The highest BCUT2D eigenvalue weighted by Crippen LogP contribution is 2.27. The van der Waals surface area contributed by atoms with E-state index in [2.05, 4.69) is 0 Å². The molecule has 1 N–H and O–H groups in total. The normalized spacial score (nSPS) is 12.4. The number of aliphatic hydroxyl groups is 1. The van der Waals surface area contributed by atoms with Crippen LogP contribution in [0.1, 0.15) is 17.2 Å². The summed E-state index contributed by atoms with van der Waals surface area (Å²) in [5.41, 5.74) is 1.62. The van der Waals surface area contributed by atoms with Crippen molar-refractivity contribution in [2.45, 2.75) is 12.5 Å². The minimum absolute atomic E-state index is 0.242. The predicted molar refractivity (Wildman–Crippen MR) is 65.4 cm³/mol. The molecule has 0 spiro atoms. The van der Waals surface area contributed by atoms with Crippen molar-refractivity contribution in [3.8, 4) is 5.75 Å². The van der Waals surface area contributed by atoms with Crippen molar-refractivity contribution in [2.24, 2.45) is 0 Å². The molecule has 1 heterocycles. The summed E-state index contributed by atoms with van der Waals surface area (Å²) in [6.45, 7) is 0. The molecule has 0 saturated heterocycles. The van der Waals surface area contributed by atoms with Crippen LogP contribution in [0.5, 0.6) is 5.75 Å². The number of aliphatic hydroxyl groups excluding tert-OH is 1. The summed E-state index contributed by atoms with van der Waals surface area (Å²) >= 11 is 5.80. The Morgan fingerprint density at radius 2 is 2.00 bits per heavy atom. The molecule has 0 radical (unpaired) electrons. The van der Waals surface area contributed by atoms with E-state index in [1.807, 2.05) is 24.3 Å². The van der Waals surface area contributed by atoms with Crippen LogP contribution >= 0.6 is 11.6 Å². The van der Waals surface area contributed by atoms with Crippen LogP contribution in [0, 0.1) is 0 Å². The van der Waals surface area contributed by atoms with Crippen LogP contribution in [-0.2, 0) is 6.42 Å². The molecule has 90 valence electrons. The van der Waals surface area contributed by atoms with Crippen LogP contribution in [0.25, 0.3) is 0 Å². The zero-order valence-corrected chi connectivity index (χ0v) is 10.1. The highest BCUT2D eigenvalue weighted by Gasteiger charge is 2.14. The van der Waals surface area contributed by atoms with Crippen molar-refractivity contribution >= 4 is 11.6 Å². The average molecular weight is 253 g/mol. The van der Waals surface area contributed by atoms with Crippen molar-refractivity contribution in [1.82, 2.24) is 0 Å². The van der Waals surface area contributed by atoms with Gasteiger partial charge < -0.3 is 14.3 Å². The third kappa shape index (κ3) is 2.81. The Hall–Kier alpha value is -1.45. The number of rotatable bonds is 4. The number of furan rings is 1. The Labute approximate surface area is 105 Å². The van der Waals surface area contributed by atoms with E-state index < -0.39 is 6.10 Å². The van der Waals surface area contributed by atoms with Crippen molar-refractivity contribution in [3.05, 3.63) is 52.9 Å². The van der Waals surface area contributed by atoms with Crippen LogP contribution in [-0.4, -0.2) is 12.2 Å². The number of benzene rings is 1. The Balaban J connectivity index is 2.07. The third-order valence-electron chi connectivity index (χ3n) is 2.59. The van der Waals surface area contributed by atoms with E-state index in [1.54, 1.807) is 13.2 Å². The Bertz CT molecular complexity index is 476. The van der Waals surface area contributed by atoms with Crippen molar-refractivity contribution in [3.63, 3.8) is 0 Å². The topological polar surface area (TPSA) is 42.6 Å². The van der Waals surface area contributed by atoms with Gasteiger partial charge in [-0.25, -0.2) is 0 Å². The monoisotopic (exact) mass is 252 g/mol. The van der Waals surface area contributed by atoms with E-state index in [0.717, 1.165) is 11.3 Å². The van der Waals surface area contributed by atoms with Crippen molar-refractivity contribution < 1.29 is 14.3 Å². The summed E-state index contributed by atoms with van der Waals surface area (Å²) in [4.78, 5) is 0. The lowest BCUT2D eigenvalue weighted by Gasteiger charge is -2.09. The second-order valence-electron chi connectivity index (χ2n) is 3.72. The van der Waals surface area contributed by atoms with E-state index in [1.165, 1.54) is 6.26 Å². The second kappa shape index (κ2) is 5.25. The van der Waals surface area contributed by atoms with Gasteiger partial charge in [0.05, 0.1) is 19.5 Å². The SMILES string of the molecule is COc1ccc(CC(O)c2ccoc2Cl)cc1.